The highest BCUT2D eigenvalue weighted by Crippen LogP contribution is 2.16. The van der Waals surface area contributed by atoms with E-state index in [1.165, 1.54) is 4.85 Å². The Labute approximate surface area is 160 Å². The molecule has 3 heterocycles. The van der Waals surface area contributed by atoms with Crippen LogP contribution in [-0.4, -0.2) is 34.9 Å². The molecule has 0 amide bonds. The average molecular weight is 371 g/mol. The second kappa shape index (κ2) is 6.73. The Morgan fingerprint density at radius 1 is 0.964 bits per heavy atom. The zero-order valence-electron chi connectivity index (χ0n) is 15.2. The van der Waals surface area contributed by atoms with E-state index in [1.807, 2.05) is 60.3 Å². The molecule has 0 radical (unpaired) electrons. The number of nitrogens with zero attached hydrogens (tertiary/aromatic N) is 7. The SMILES string of the molecule is Cc1nc(CCn2ncc3ccccc32)cc(On2nnc3ccccc32)n1. The summed E-state index contributed by atoms with van der Waals surface area (Å²) >= 11 is 0. The largest absolute Gasteiger partial charge is 0.335 e. The molecule has 0 N–H and O–H groups in total. The maximum Gasteiger partial charge on any atom is 0.252 e. The van der Waals surface area contributed by atoms with E-state index in [0.717, 1.165) is 34.2 Å². The van der Waals surface area contributed by atoms with Gasteiger partial charge < -0.3 is 4.84 Å². The fraction of sp³-hybridized carbons (Fsp3) is 0.150. The topological polar surface area (TPSA) is 83.5 Å². The normalized spacial score (nSPS) is 11.3. The van der Waals surface area contributed by atoms with Gasteiger partial charge in [0.2, 0.25) is 0 Å². The molecule has 0 atom stereocenters. The van der Waals surface area contributed by atoms with E-state index in [0.29, 0.717) is 18.1 Å². The smallest absolute Gasteiger partial charge is 0.252 e. The Kier molecular flexibility index (Phi) is 3.93. The van der Waals surface area contributed by atoms with Crippen LogP contribution >= 0.6 is 0 Å². The quantitative estimate of drug-likeness (QED) is 0.472. The van der Waals surface area contributed by atoms with Crippen LogP contribution in [-0.2, 0) is 13.0 Å². The van der Waals surface area contributed by atoms with Crippen molar-refractivity contribution in [2.45, 2.75) is 19.9 Å². The third kappa shape index (κ3) is 3.05. The van der Waals surface area contributed by atoms with Gasteiger partial charge in [-0.05, 0) is 30.3 Å². The van der Waals surface area contributed by atoms with E-state index in [9.17, 15) is 0 Å². The molecule has 0 spiro atoms. The maximum absolute atomic E-state index is 5.83. The lowest BCUT2D eigenvalue weighted by molar-refractivity contribution is 0.175. The van der Waals surface area contributed by atoms with Crippen molar-refractivity contribution in [2.24, 2.45) is 0 Å². The van der Waals surface area contributed by atoms with Crippen molar-refractivity contribution >= 4 is 21.9 Å². The lowest BCUT2D eigenvalue weighted by Gasteiger charge is -2.08. The molecule has 0 aliphatic heterocycles. The van der Waals surface area contributed by atoms with Crippen molar-refractivity contribution < 1.29 is 4.84 Å². The molecule has 0 aliphatic rings. The zero-order valence-corrected chi connectivity index (χ0v) is 15.2. The fourth-order valence-corrected chi connectivity index (χ4v) is 3.20. The molecular weight excluding hydrogens is 354 g/mol. The summed E-state index contributed by atoms with van der Waals surface area (Å²) in [4.78, 5) is 16.1. The predicted molar refractivity (Wildman–Crippen MR) is 104 cm³/mol. The highest BCUT2D eigenvalue weighted by atomic mass is 16.7. The molecule has 5 aromatic rings. The molecular formula is C20H17N7O. The van der Waals surface area contributed by atoms with Crippen LogP contribution in [0.2, 0.25) is 0 Å². The number of benzene rings is 2. The minimum atomic E-state index is 0.434. The number of fused-ring (bicyclic) bond motifs is 2. The molecule has 28 heavy (non-hydrogen) atoms. The van der Waals surface area contributed by atoms with Crippen LogP contribution in [0.5, 0.6) is 5.88 Å². The summed E-state index contributed by atoms with van der Waals surface area (Å²) in [5.74, 6) is 1.07. The highest BCUT2D eigenvalue weighted by Gasteiger charge is 2.10. The molecule has 8 nitrogen and oxygen atoms in total. The summed E-state index contributed by atoms with van der Waals surface area (Å²) in [6.45, 7) is 2.56. The van der Waals surface area contributed by atoms with E-state index >= 15 is 0 Å². The number of hydrogen-bond acceptors (Lipinski definition) is 6. The first-order chi connectivity index (χ1) is 13.8. The Morgan fingerprint density at radius 2 is 1.79 bits per heavy atom. The van der Waals surface area contributed by atoms with Crippen LogP contribution in [0.1, 0.15) is 11.5 Å². The van der Waals surface area contributed by atoms with Gasteiger partial charge in [0.25, 0.3) is 5.88 Å². The average Bonchev–Trinajstić information content (AvgIpc) is 3.31. The van der Waals surface area contributed by atoms with Gasteiger partial charge in [0, 0.05) is 30.1 Å². The van der Waals surface area contributed by atoms with Crippen molar-refractivity contribution in [2.75, 3.05) is 0 Å². The van der Waals surface area contributed by atoms with E-state index in [1.54, 1.807) is 0 Å². The number of para-hydroxylation sites is 2. The minimum Gasteiger partial charge on any atom is -0.335 e. The first kappa shape index (κ1) is 16.4. The molecule has 5 rings (SSSR count). The summed E-state index contributed by atoms with van der Waals surface area (Å²) in [6, 6.07) is 17.6. The van der Waals surface area contributed by atoms with Crippen molar-refractivity contribution in [1.29, 1.82) is 0 Å². The third-order valence-electron chi connectivity index (χ3n) is 4.50. The standard InChI is InChI=1S/C20H17N7O/c1-14-22-16(10-11-26-18-8-4-2-6-15(18)13-21-26)12-20(23-14)28-27-19-9-5-3-7-17(19)24-25-27/h2-9,12-13H,10-11H2,1H3. The molecule has 0 unspecified atom stereocenters. The van der Waals surface area contributed by atoms with Crippen molar-refractivity contribution in [3.8, 4) is 5.88 Å². The lowest BCUT2D eigenvalue weighted by atomic mass is 10.2. The molecule has 0 saturated carbocycles. The molecule has 0 bridgehead atoms. The van der Waals surface area contributed by atoms with Crippen molar-refractivity contribution in [3.05, 3.63) is 72.3 Å². The van der Waals surface area contributed by atoms with Crippen LogP contribution < -0.4 is 4.84 Å². The zero-order chi connectivity index (χ0) is 18.9. The molecule has 0 aliphatic carbocycles. The van der Waals surface area contributed by atoms with Gasteiger partial charge in [-0.2, -0.15) is 10.1 Å². The lowest BCUT2D eigenvalue weighted by Crippen LogP contribution is -2.11. The number of aromatic nitrogens is 7. The van der Waals surface area contributed by atoms with Gasteiger partial charge in [-0.25, -0.2) is 4.98 Å². The Balaban J connectivity index is 1.38. The maximum atomic E-state index is 5.83. The summed E-state index contributed by atoms with van der Waals surface area (Å²) < 4.78 is 1.98. The third-order valence-corrected chi connectivity index (χ3v) is 4.50. The van der Waals surface area contributed by atoms with Crippen LogP contribution in [0, 0.1) is 6.92 Å². The molecule has 138 valence electrons. The Morgan fingerprint density at radius 3 is 2.71 bits per heavy atom. The number of rotatable bonds is 5. The fourth-order valence-electron chi connectivity index (χ4n) is 3.20. The number of aryl methyl sites for hydroxylation is 3. The Bertz CT molecular complexity index is 1270. The van der Waals surface area contributed by atoms with Crippen LogP contribution in [0.3, 0.4) is 0 Å². The summed E-state index contributed by atoms with van der Waals surface area (Å²) in [6.07, 6.45) is 2.59. The molecule has 2 aromatic carbocycles. The van der Waals surface area contributed by atoms with Crippen LogP contribution in [0.4, 0.5) is 0 Å². The van der Waals surface area contributed by atoms with Gasteiger partial charge in [-0.1, -0.05) is 35.2 Å². The van der Waals surface area contributed by atoms with E-state index in [-0.39, 0.29) is 0 Å². The van der Waals surface area contributed by atoms with Gasteiger partial charge in [-0.3, -0.25) is 4.68 Å². The molecule has 0 fully saturated rings. The van der Waals surface area contributed by atoms with Gasteiger partial charge >= 0.3 is 0 Å². The first-order valence-corrected chi connectivity index (χ1v) is 9.00. The number of hydrogen-bond donors (Lipinski definition) is 0. The van der Waals surface area contributed by atoms with Crippen LogP contribution in [0.15, 0.2) is 60.8 Å². The summed E-state index contributed by atoms with van der Waals surface area (Å²) in [5, 5.41) is 13.7. The first-order valence-electron chi connectivity index (χ1n) is 9.00. The molecule has 0 saturated heterocycles. The molecule has 8 heteroatoms. The second-order valence-electron chi connectivity index (χ2n) is 6.46. The molecule has 3 aromatic heterocycles. The summed E-state index contributed by atoms with van der Waals surface area (Å²) in [5.41, 5.74) is 3.53. The summed E-state index contributed by atoms with van der Waals surface area (Å²) in [7, 11) is 0. The highest BCUT2D eigenvalue weighted by molar-refractivity contribution is 5.78. The van der Waals surface area contributed by atoms with Crippen molar-refractivity contribution in [3.63, 3.8) is 0 Å². The van der Waals surface area contributed by atoms with Gasteiger partial charge in [0.1, 0.15) is 16.9 Å². The van der Waals surface area contributed by atoms with E-state index in [2.05, 4.69) is 37.5 Å². The van der Waals surface area contributed by atoms with Gasteiger partial charge in [0.05, 0.1) is 11.7 Å². The minimum absolute atomic E-state index is 0.434. The second-order valence-corrected chi connectivity index (χ2v) is 6.46. The monoisotopic (exact) mass is 371 g/mol. The van der Waals surface area contributed by atoms with Crippen LogP contribution in [0.25, 0.3) is 21.9 Å². The van der Waals surface area contributed by atoms with E-state index in [4.69, 9.17) is 4.84 Å². The predicted octanol–water partition coefficient (Wildman–Crippen LogP) is 2.96. The Hall–Kier alpha value is -3.81. The van der Waals surface area contributed by atoms with Crippen molar-refractivity contribution in [1.82, 2.24) is 34.9 Å². The van der Waals surface area contributed by atoms with E-state index < -0.39 is 0 Å². The van der Waals surface area contributed by atoms with Gasteiger partial charge in [-0.15, -0.1) is 5.10 Å². The van der Waals surface area contributed by atoms with Gasteiger partial charge in [0.15, 0.2) is 0 Å².